The van der Waals surface area contributed by atoms with Crippen molar-refractivity contribution in [3.63, 3.8) is 0 Å². The summed E-state index contributed by atoms with van der Waals surface area (Å²) in [6, 6.07) is 0.00838. The van der Waals surface area contributed by atoms with E-state index >= 15 is 0 Å². The topological polar surface area (TPSA) is 75.3 Å². The van der Waals surface area contributed by atoms with Crippen LogP contribution in [-0.2, 0) is 4.79 Å². The minimum Gasteiger partial charge on any atom is -0.393 e. The molecule has 1 aliphatic carbocycles. The summed E-state index contributed by atoms with van der Waals surface area (Å²) in [6.07, 6.45) is 5.53. The van der Waals surface area contributed by atoms with Gasteiger partial charge in [-0.15, -0.1) is 0 Å². The van der Waals surface area contributed by atoms with Crippen LogP contribution in [0, 0.1) is 5.92 Å². The van der Waals surface area contributed by atoms with Gasteiger partial charge in [-0.3, -0.25) is 4.79 Å². The predicted molar refractivity (Wildman–Crippen MR) is 63.9 cm³/mol. The Morgan fingerprint density at radius 2 is 2.12 bits per heavy atom. The molecular formula is C12H24N2O2. The first-order valence-electron chi connectivity index (χ1n) is 6.32. The molecule has 3 atom stereocenters. The molecular weight excluding hydrogens is 204 g/mol. The highest BCUT2D eigenvalue weighted by atomic mass is 16.3. The molecule has 94 valence electrons. The van der Waals surface area contributed by atoms with Crippen molar-refractivity contribution < 1.29 is 9.90 Å². The number of aliphatic hydroxyl groups excluding tert-OH is 1. The van der Waals surface area contributed by atoms with Gasteiger partial charge in [0.15, 0.2) is 0 Å². The average Bonchev–Trinajstić information content (AvgIpc) is 2.42. The Labute approximate surface area is 97.6 Å². The van der Waals surface area contributed by atoms with Crippen molar-refractivity contribution in [3.05, 3.63) is 0 Å². The zero-order valence-electron chi connectivity index (χ0n) is 10.1. The summed E-state index contributed by atoms with van der Waals surface area (Å²) in [5, 5.41) is 12.0. The van der Waals surface area contributed by atoms with Crippen molar-refractivity contribution in [2.75, 3.05) is 6.54 Å². The van der Waals surface area contributed by atoms with Crippen molar-refractivity contribution >= 4 is 5.91 Å². The van der Waals surface area contributed by atoms with E-state index < -0.39 is 0 Å². The Morgan fingerprint density at radius 1 is 1.44 bits per heavy atom. The molecule has 0 bridgehead atoms. The van der Waals surface area contributed by atoms with E-state index in [-0.39, 0.29) is 24.0 Å². The van der Waals surface area contributed by atoms with E-state index in [1.807, 2.05) is 0 Å². The second kappa shape index (κ2) is 6.86. The highest BCUT2D eigenvalue weighted by Crippen LogP contribution is 2.22. The Bertz CT molecular complexity index is 219. The first kappa shape index (κ1) is 13.5. The molecule has 16 heavy (non-hydrogen) atoms. The summed E-state index contributed by atoms with van der Waals surface area (Å²) in [7, 11) is 0. The molecule has 0 radical (unpaired) electrons. The van der Waals surface area contributed by atoms with Crippen LogP contribution in [0.4, 0.5) is 0 Å². The first-order chi connectivity index (χ1) is 7.61. The fourth-order valence-electron chi connectivity index (χ4n) is 2.20. The summed E-state index contributed by atoms with van der Waals surface area (Å²) < 4.78 is 0. The third-order valence-corrected chi connectivity index (χ3v) is 3.27. The SMILES string of the molecule is CC(O)CCNC(=O)C1CCCCCC1N. The highest BCUT2D eigenvalue weighted by molar-refractivity contribution is 5.79. The number of hydrogen-bond acceptors (Lipinski definition) is 3. The Balaban J connectivity index is 2.33. The van der Waals surface area contributed by atoms with E-state index in [0.29, 0.717) is 13.0 Å². The lowest BCUT2D eigenvalue weighted by Crippen LogP contribution is -2.41. The molecule has 4 N–H and O–H groups in total. The molecule has 1 rings (SSSR count). The number of nitrogens with two attached hydrogens (primary N) is 1. The third kappa shape index (κ3) is 4.49. The summed E-state index contributed by atoms with van der Waals surface area (Å²) >= 11 is 0. The third-order valence-electron chi connectivity index (χ3n) is 3.27. The number of hydrogen-bond donors (Lipinski definition) is 3. The van der Waals surface area contributed by atoms with Crippen LogP contribution in [0.15, 0.2) is 0 Å². The molecule has 1 aliphatic rings. The Kier molecular flexibility index (Phi) is 5.77. The van der Waals surface area contributed by atoms with Gasteiger partial charge in [0.2, 0.25) is 5.91 Å². The van der Waals surface area contributed by atoms with Gasteiger partial charge in [-0.25, -0.2) is 0 Å². The molecule has 0 aromatic carbocycles. The molecule has 1 amide bonds. The van der Waals surface area contributed by atoms with Gasteiger partial charge in [-0.1, -0.05) is 19.3 Å². The maximum absolute atomic E-state index is 11.9. The van der Waals surface area contributed by atoms with Gasteiger partial charge in [0, 0.05) is 12.6 Å². The van der Waals surface area contributed by atoms with Crippen molar-refractivity contribution in [3.8, 4) is 0 Å². The predicted octanol–water partition coefficient (Wildman–Crippen LogP) is 0.781. The van der Waals surface area contributed by atoms with Gasteiger partial charge in [0.25, 0.3) is 0 Å². The molecule has 0 heterocycles. The highest BCUT2D eigenvalue weighted by Gasteiger charge is 2.26. The van der Waals surface area contributed by atoms with E-state index in [0.717, 1.165) is 25.7 Å². The summed E-state index contributed by atoms with van der Waals surface area (Å²) in [4.78, 5) is 11.9. The number of carbonyl (C=O) groups is 1. The zero-order chi connectivity index (χ0) is 12.0. The van der Waals surface area contributed by atoms with Gasteiger partial charge >= 0.3 is 0 Å². The monoisotopic (exact) mass is 228 g/mol. The van der Waals surface area contributed by atoms with E-state index in [1.54, 1.807) is 6.92 Å². The van der Waals surface area contributed by atoms with Gasteiger partial charge in [0.1, 0.15) is 0 Å². The van der Waals surface area contributed by atoms with E-state index in [4.69, 9.17) is 10.8 Å². The van der Waals surface area contributed by atoms with Crippen molar-refractivity contribution in [1.82, 2.24) is 5.32 Å². The molecule has 0 aromatic heterocycles. The number of amides is 1. The summed E-state index contributed by atoms with van der Waals surface area (Å²) in [6.45, 7) is 2.27. The van der Waals surface area contributed by atoms with Crippen LogP contribution in [0.5, 0.6) is 0 Å². The molecule has 0 aromatic rings. The van der Waals surface area contributed by atoms with Crippen LogP contribution in [0.3, 0.4) is 0 Å². The second-order valence-corrected chi connectivity index (χ2v) is 4.84. The van der Waals surface area contributed by atoms with Crippen LogP contribution in [0.25, 0.3) is 0 Å². The van der Waals surface area contributed by atoms with Crippen LogP contribution in [0.2, 0.25) is 0 Å². The number of aliphatic hydroxyl groups is 1. The van der Waals surface area contributed by atoms with Crippen LogP contribution >= 0.6 is 0 Å². The Hall–Kier alpha value is -0.610. The van der Waals surface area contributed by atoms with Crippen molar-refractivity contribution in [2.24, 2.45) is 11.7 Å². The smallest absolute Gasteiger partial charge is 0.224 e. The number of nitrogens with one attached hydrogen (secondary N) is 1. The van der Waals surface area contributed by atoms with E-state index in [2.05, 4.69) is 5.32 Å². The van der Waals surface area contributed by atoms with Gasteiger partial charge in [0.05, 0.1) is 12.0 Å². The standard InChI is InChI=1S/C12H24N2O2/c1-9(15)7-8-14-12(16)10-5-3-2-4-6-11(10)13/h9-11,15H,2-8,13H2,1H3,(H,14,16). The summed E-state index contributed by atoms with van der Waals surface area (Å²) in [5.41, 5.74) is 6.00. The molecule has 0 spiro atoms. The van der Waals surface area contributed by atoms with Crippen LogP contribution in [0.1, 0.15) is 45.4 Å². The second-order valence-electron chi connectivity index (χ2n) is 4.84. The zero-order valence-corrected chi connectivity index (χ0v) is 10.1. The lowest BCUT2D eigenvalue weighted by Gasteiger charge is -2.20. The molecule has 4 nitrogen and oxygen atoms in total. The largest absolute Gasteiger partial charge is 0.393 e. The lowest BCUT2D eigenvalue weighted by atomic mass is 9.94. The molecule has 1 saturated carbocycles. The van der Waals surface area contributed by atoms with E-state index in [9.17, 15) is 4.79 Å². The fourth-order valence-corrected chi connectivity index (χ4v) is 2.20. The van der Waals surface area contributed by atoms with Crippen molar-refractivity contribution in [2.45, 2.75) is 57.6 Å². The Morgan fingerprint density at radius 3 is 2.81 bits per heavy atom. The molecule has 3 unspecified atom stereocenters. The van der Waals surface area contributed by atoms with Crippen LogP contribution in [-0.4, -0.2) is 29.7 Å². The lowest BCUT2D eigenvalue weighted by molar-refractivity contribution is -0.125. The average molecular weight is 228 g/mol. The fraction of sp³-hybridized carbons (Fsp3) is 0.917. The number of rotatable bonds is 4. The minimum atomic E-state index is -0.358. The first-order valence-corrected chi connectivity index (χ1v) is 6.32. The normalized spacial score (nSPS) is 28.2. The quantitative estimate of drug-likeness (QED) is 0.622. The van der Waals surface area contributed by atoms with Crippen LogP contribution < -0.4 is 11.1 Å². The van der Waals surface area contributed by atoms with Crippen molar-refractivity contribution in [1.29, 1.82) is 0 Å². The van der Waals surface area contributed by atoms with E-state index in [1.165, 1.54) is 6.42 Å². The number of carbonyl (C=O) groups excluding carboxylic acids is 1. The maximum atomic E-state index is 11.9. The molecule has 1 fully saturated rings. The minimum absolute atomic E-state index is 0.00838. The van der Waals surface area contributed by atoms with Gasteiger partial charge < -0.3 is 16.2 Å². The van der Waals surface area contributed by atoms with Gasteiger partial charge in [-0.05, 0) is 26.2 Å². The van der Waals surface area contributed by atoms with Gasteiger partial charge in [-0.2, -0.15) is 0 Å². The molecule has 0 aliphatic heterocycles. The molecule has 0 saturated heterocycles. The summed E-state index contributed by atoms with van der Waals surface area (Å²) in [5.74, 6) is 0.0338. The maximum Gasteiger partial charge on any atom is 0.224 e. The molecule has 4 heteroatoms.